The molecule has 0 aliphatic rings. The van der Waals surface area contributed by atoms with E-state index in [0.29, 0.717) is 6.54 Å². The third kappa shape index (κ3) is 5.14. The van der Waals surface area contributed by atoms with Gasteiger partial charge in [-0.3, -0.25) is 9.78 Å². The fraction of sp³-hybridized carbons (Fsp3) is 0.333. The predicted octanol–water partition coefficient (Wildman–Crippen LogP) is 2.49. The molecule has 0 saturated carbocycles. The molecule has 0 bridgehead atoms. The zero-order chi connectivity index (χ0) is 16.8. The number of rotatable bonds is 6. The highest BCUT2D eigenvalue weighted by Crippen LogP contribution is 2.18. The average Bonchev–Trinajstić information content (AvgIpc) is 2.49. The van der Waals surface area contributed by atoms with Gasteiger partial charge in [-0.15, -0.1) is 0 Å². The van der Waals surface area contributed by atoms with Crippen LogP contribution < -0.4 is 5.32 Å². The Kier molecular flexibility index (Phi) is 5.82. The number of nitrogens with one attached hydrogen (secondary N) is 1. The van der Waals surface area contributed by atoms with Crippen molar-refractivity contribution in [1.29, 1.82) is 0 Å². The Hall–Kier alpha value is -2.27. The number of aryl methyl sites for hydroxylation is 1. The van der Waals surface area contributed by atoms with E-state index in [1.165, 1.54) is 12.1 Å². The summed E-state index contributed by atoms with van der Waals surface area (Å²) in [4.78, 5) is 18.2. The van der Waals surface area contributed by atoms with E-state index in [9.17, 15) is 9.18 Å². The van der Waals surface area contributed by atoms with Crippen molar-refractivity contribution in [2.24, 2.45) is 0 Å². The number of amides is 1. The zero-order valence-corrected chi connectivity index (χ0v) is 13.7. The SMILES string of the molecule is Cc1ccc(CC(=O)NCC(c2cccc(F)c2)N(C)C)cn1. The summed E-state index contributed by atoms with van der Waals surface area (Å²) in [5.41, 5.74) is 2.64. The van der Waals surface area contributed by atoms with Crippen molar-refractivity contribution < 1.29 is 9.18 Å². The van der Waals surface area contributed by atoms with E-state index >= 15 is 0 Å². The van der Waals surface area contributed by atoms with Gasteiger partial charge in [0.2, 0.25) is 5.91 Å². The lowest BCUT2D eigenvalue weighted by Crippen LogP contribution is -2.35. The van der Waals surface area contributed by atoms with Gasteiger partial charge < -0.3 is 10.2 Å². The molecule has 0 aliphatic heterocycles. The molecule has 1 N–H and O–H groups in total. The van der Waals surface area contributed by atoms with Crippen molar-refractivity contribution in [3.8, 4) is 0 Å². The average molecular weight is 315 g/mol. The third-order valence-electron chi connectivity index (χ3n) is 3.69. The number of likely N-dealkylation sites (N-methyl/N-ethyl adjacent to an activating group) is 1. The van der Waals surface area contributed by atoms with Crippen LogP contribution >= 0.6 is 0 Å². The highest BCUT2D eigenvalue weighted by Gasteiger charge is 2.16. The predicted molar refractivity (Wildman–Crippen MR) is 88.5 cm³/mol. The molecule has 1 heterocycles. The van der Waals surface area contributed by atoms with Gasteiger partial charge in [0.05, 0.1) is 12.5 Å². The Morgan fingerprint density at radius 3 is 2.70 bits per heavy atom. The van der Waals surface area contributed by atoms with Gasteiger partial charge in [0.1, 0.15) is 5.82 Å². The Bertz CT molecular complexity index is 656. The van der Waals surface area contributed by atoms with Crippen LogP contribution in [0.15, 0.2) is 42.6 Å². The summed E-state index contributed by atoms with van der Waals surface area (Å²) in [6, 6.07) is 10.2. The van der Waals surface area contributed by atoms with E-state index in [0.717, 1.165) is 16.8 Å². The normalized spacial score (nSPS) is 12.2. The van der Waals surface area contributed by atoms with Crippen molar-refractivity contribution in [1.82, 2.24) is 15.2 Å². The molecule has 0 fully saturated rings. The number of carbonyl (C=O) groups is 1. The number of pyridine rings is 1. The van der Waals surface area contributed by atoms with Crippen LogP contribution in [0.1, 0.15) is 22.9 Å². The van der Waals surface area contributed by atoms with Crippen molar-refractivity contribution >= 4 is 5.91 Å². The minimum absolute atomic E-state index is 0.0705. The van der Waals surface area contributed by atoms with Gasteiger partial charge in [0.15, 0.2) is 0 Å². The van der Waals surface area contributed by atoms with E-state index < -0.39 is 0 Å². The van der Waals surface area contributed by atoms with Gasteiger partial charge >= 0.3 is 0 Å². The fourth-order valence-electron chi connectivity index (χ4n) is 2.37. The van der Waals surface area contributed by atoms with Crippen LogP contribution in [-0.2, 0) is 11.2 Å². The number of hydrogen-bond acceptors (Lipinski definition) is 3. The maximum atomic E-state index is 13.4. The van der Waals surface area contributed by atoms with Gasteiger partial charge in [0, 0.05) is 18.4 Å². The molecule has 2 aromatic rings. The number of carbonyl (C=O) groups excluding carboxylic acids is 1. The highest BCUT2D eigenvalue weighted by atomic mass is 19.1. The molecule has 1 aromatic carbocycles. The van der Waals surface area contributed by atoms with Crippen LogP contribution in [0, 0.1) is 12.7 Å². The Balaban J connectivity index is 1.96. The van der Waals surface area contributed by atoms with E-state index in [4.69, 9.17) is 0 Å². The highest BCUT2D eigenvalue weighted by molar-refractivity contribution is 5.78. The maximum absolute atomic E-state index is 13.4. The van der Waals surface area contributed by atoms with E-state index in [2.05, 4.69) is 10.3 Å². The molecule has 0 aliphatic carbocycles. The van der Waals surface area contributed by atoms with Crippen molar-refractivity contribution in [3.63, 3.8) is 0 Å². The Morgan fingerprint density at radius 2 is 2.09 bits per heavy atom. The molecule has 1 amide bonds. The van der Waals surface area contributed by atoms with Crippen LogP contribution in [0.4, 0.5) is 4.39 Å². The van der Waals surface area contributed by atoms with Gasteiger partial charge in [0.25, 0.3) is 0 Å². The minimum Gasteiger partial charge on any atom is -0.354 e. The monoisotopic (exact) mass is 315 g/mol. The second kappa shape index (κ2) is 7.83. The lowest BCUT2D eigenvalue weighted by atomic mass is 10.1. The summed E-state index contributed by atoms with van der Waals surface area (Å²) in [5, 5.41) is 2.91. The maximum Gasteiger partial charge on any atom is 0.224 e. The lowest BCUT2D eigenvalue weighted by Gasteiger charge is -2.25. The minimum atomic E-state index is -0.272. The zero-order valence-electron chi connectivity index (χ0n) is 13.7. The summed E-state index contributed by atoms with van der Waals surface area (Å²) in [6.07, 6.45) is 2.00. The van der Waals surface area contributed by atoms with Crippen LogP contribution in [0.3, 0.4) is 0 Å². The molecule has 0 radical (unpaired) electrons. The number of halogens is 1. The van der Waals surface area contributed by atoms with E-state index in [1.54, 1.807) is 12.3 Å². The van der Waals surface area contributed by atoms with Gasteiger partial charge in [-0.05, 0) is 50.3 Å². The van der Waals surface area contributed by atoms with Gasteiger partial charge in [-0.25, -0.2) is 4.39 Å². The molecule has 0 saturated heterocycles. The summed E-state index contributed by atoms with van der Waals surface area (Å²) in [5.74, 6) is -0.342. The Labute approximate surface area is 136 Å². The number of benzene rings is 1. The smallest absolute Gasteiger partial charge is 0.224 e. The second-order valence-electron chi connectivity index (χ2n) is 5.82. The lowest BCUT2D eigenvalue weighted by molar-refractivity contribution is -0.120. The van der Waals surface area contributed by atoms with Crippen molar-refractivity contribution in [2.75, 3.05) is 20.6 Å². The van der Waals surface area contributed by atoms with Crippen LogP contribution in [0.2, 0.25) is 0 Å². The number of hydrogen-bond donors (Lipinski definition) is 1. The van der Waals surface area contributed by atoms with Gasteiger partial charge in [-0.1, -0.05) is 18.2 Å². The van der Waals surface area contributed by atoms with Crippen molar-refractivity contribution in [3.05, 3.63) is 65.2 Å². The molecule has 2 rings (SSSR count). The summed E-state index contributed by atoms with van der Waals surface area (Å²) >= 11 is 0. The molecule has 4 nitrogen and oxygen atoms in total. The molecule has 23 heavy (non-hydrogen) atoms. The standard InChI is InChI=1S/C18H22FN3O/c1-13-7-8-14(11-20-13)9-18(23)21-12-17(22(2)3)15-5-4-6-16(19)10-15/h4-8,10-11,17H,9,12H2,1-3H3,(H,21,23). The summed E-state index contributed by atoms with van der Waals surface area (Å²) in [6.45, 7) is 2.33. The molecule has 1 atom stereocenters. The third-order valence-corrected chi connectivity index (χ3v) is 3.69. The van der Waals surface area contributed by atoms with Gasteiger partial charge in [-0.2, -0.15) is 0 Å². The fourth-order valence-corrected chi connectivity index (χ4v) is 2.37. The second-order valence-corrected chi connectivity index (χ2v) is 5.82. The molecule has 1 aromatic heterocycles. The first-order valence-electron chi connectivity index (χ1n) is 7.56. The molecule has 0 spiro atoms. The summed E-state index contributed by atoms with van der Waals surface area (Å²) < 4.78 is 13.4. The quantitative estimate of drug-likeness (QED) is 0.891. The molecular formula is C18H22FN3O. The number of aromatic nitrogens is 1. The molecule has 1 unspecified atom stereocenters. The first kappa shape index (κ1) is 17.1. The molecule has 122 valence electrons. The Morgan fingerprint density at radius 1 is 1.30 bits per heavy atom. The van der Waals surface area contributed by atoms with Crippen LogP contribution in [-0.4, -0.2) is 36.4 Å². The van der Waals surface area contributed by atoms with E-state index in [1.807, 2.05) is 44.1 Å². The van der Waals surface area contributed by atoms with E-state index in [-0.39, 0.29) is 24.2 Å². The topological polar surface area (TPSA) is 45.2 Å². The first-order chi connectivity index (χ1) is 11.0. The largest absolute Gasteiger partial charge is 0.354 e. The summed E-state index contributed by atoms with van der Waals surface area (Å²) in [7, 11) is 3.82. The van der Waals surface area contributed by atoms with Crippen LogP contribution in [0.5, 0.6) is 0 Å². The van der Waals surface area contributed by atoms with Crippen molar-refractivity contribution in [2.45, 2.75) is 19.4 Å². The first-order valence-corrected chi connectivity index (χ1v) is 7.56. The number of nitrogens with zero attached hydrogens (tertiary/aromatic N) is 2. The molecule has 5 heteroatoms. The molecular weight excluding hydrogens is 293 g/mol. The van der Waals surface area contributed by atoms with Crippen LogP contribution in [0.25, 0.3) is 0 Å².